The highest BCUT2D eigenvalue weighted by molar-refractivity contribution is 5.92. The van der Waals surface area contributed by atoms with Crippen molar-refractivity contribution in [3.8, 4) is 5.69 Å². The summed E-state index contributed by atoms with van der Waals surface area (Å²) in [6.45, 7) is 7.18. The van der Waals surface area contributed by atoms with Crippen molar-refractivity contribution < 1.29 is 9.72 Å². The average molecular weight is 344 g/mol. The number of nitrogens with one attached hydrogen (secondary N) is 1. The number of rotatable bonds is 5. The summed E-state index contributed by atoms with van der Waals surface area (Å²) in [6, 6.07) is 7.27. The van der Waals surface area contributed by atoms with Crippen molar-refractivity contribution in [3.63, 3.8) is 0 Å². The maximum atomic E-state index is 12.4. The summed E-state index contributed by atoms with van der Waals surface area (Å²) in [6.07, 6.45) is 0.670. The van der Waals surface area contributed by atoms with Crippen LogP contribution in [0.1, 0.15) is 43.4 Å². The Balaban J connectivity index is 2.58. The molecule has 0 fully saturated rings. The number of aryl methyl sites for hydroxylation is 1. The number of hydrogen-bond donors (Lipinski definition) is 1. The Kier molecular flexibility index (Phi) is 5.01. The highest BCUT2D eigenvalue weighted by atomic mass is 16.6. The zero-order chi connectivity index (χ0) is 18.8. The lowest BCUT2D eigenvalue weighted by Crippen LogP contribution is -2.45. The van der Waals surface area contributed by atoms with Gasteiger partial charge in [0.05, 0.1) is 4.92 Å². The summed E-state index contributed by atoms with van der Waals surface area (Å²) in [7, 11) is 0. The molecule has 25 heavy (non-hydrogen) atoms. The fourth-order valence-corrected chi connectivity index (χ4v) is 2.20. The first-order chi connectivity index (χ1) is 11.7. The van der Waals surface area contributed by atoms with E-state index >= 15 is 0 Å². The van der Waals surface area contributed by atoms with Crippen molar-refractivity contribution in [2.45, 2.75) is 39.7 Å². The molecule has 8 heteroatoms. The first-order valence-electron chi connectivity index (χ1n) is 7.83. The monoisotopic (exact) mass is 344 g/mol. The van der Waals surface area contributed by atoms with Gasteiger partial charge in [0.15, 0.2) is 5.69 Å². The van der Waals surface area contributed by atoms with Gasteiger partial charge in [-0.05, 0) is 33.3 Å². The molecule has 0 saturated heterocycles. The molecule has 1 aromatic carbocycles. The molecule has 8 nitrogen and oxygen atoms in total. The molecule has 132 valence electrons. The fraction of sp³-hybridized carbons (Fsp3) is 0.353. The number of nitrogens with zero attached hydrogens (tertiary/aromatic N) is 3. The Hall–Kier alpha value is -3.03. The number of para-hydroxylation sites is 2. The molecule has 1 N–H and O–H groups in total. The second kappa shape index (κ2) is 6.84. The Labute approximate surface area is 144 Å². The van der Waals surface area contributed by atoms with Crippen LogP contribution in [0.4, 0.5) is 5.69 Å². The second-order valence-corrected chi connectivity index (χ2v) is 6.35. The standard InChI is InChI=1S/C17H20N4O4/c1-5-17(3,4)18-16(23)15-14(22)10-11(2)20(19-15)12-8-6-7-9-13(12)21(24)25/h6-10H,5H2,1-4H3,(H,18,23). The Morgan fingerprint density at radius 3 is 2.60 bits per heavy atom. The van der Waals surface area contributed by atoms with Gasteiger partial charge in [0.2, 0.25) is 5.43 Å². The van der Waals surface area contributed by atoms with Crippen LogP contribution >= 0.6 is 0 Å². The van der Waals surface area contributed by atoms with E-state index in [-0.39, 0.29) is 17.1 Å². The summed E-state index contributed by atoms with van der Waals surface area (Å²) in [5, 5.41) is 18.1. The van der Waals surface area contributed by atoms with Gasteiger partial charge in [-0.1, -0.05) is 19.1 Å². The van der Waals surface area contributed by atoms with Crippen LogP contribution in [0, 0.1) is 17.0 Å². The minimum absolute atomic E-state index is 0.165. The van der Waals surface area contributed by atoms with Gasteiger partial charge in [0, 0.05) is 23.4 Å². The van der Waals surface area contributed by atoms with E-state index in [9.17, 15) is 19.7 Å². The van der Waals surface area contributed by atoms with Gasteiger partial charge in [-0.15, -0.1) is 0 Å². The molecule has 0 saturated carbocycles. The normalized spacial score (nSPS) is 11.2. The molecule has 0 aliphatic carbocycles. The summed E-state index contributed by atoms with van der Waals surface area (Å²) in [5.41, 5.74) is -0.914. The van der Waals surface area contributed by atoms with Crippen molar-refractivity contribution in [1.82, 2.24) is 15.1 Å². The lowest BCUT2D eigenvalue weighted by atomic mass is 10.0. The SMILES string of the molecule is CCC(C)(C)NC(=O)c1nn(-c2ccccc2[N+](=O)[O-])c(C)cc1=O. The summed E-state index contributed by atoms with van der Waals surface area (Å²) < 4.78 is 1.24. The van der Waals surface area contributed by atoms with E-state index in [1.54, 1.807) is 13.0 Å². The highest BCUT2D eigenvalue weighted by Crippen LogP contribution is 2.22. The minimum Gasteiger partial charge on any atom is -0.346 e. The largest absolute Gasteiger partial charge is 0.346 e. The fourth-order valence-electron chi connectivity index (χ4n) is 2.20. The summed E-state index contributed by atoms with van der Waals surface area (Å²) in [4.78, 5) is 35.3. The van der Waals surface area contributed by atoms with Crippen LogP contribution in [-0.4, -0.2) is 26.1 Å². The lowest BCUT2D eigenvalue weighted by molar-refractivity contribution is -0.384. The second-order valence-electron chi connectivity index (χ2n) is 6.35. The number of nitro groups is 1. The zero-order valence-electron chi connectivity index (χ0n) is 14.6. The molecule has 1 aromatic heterocycles. The molecule has 0 bridgehead atoms. The van der Waals surface area contributed by atoms with E-state index in [1.165, 1.54) is 28.9 Å². The number of benzene rings is 1. The number of amides is 1. The van der Waals surface area contributed by atoms with Crippen LogP contribution in [0.3, 0.4) is 0 Å². The molecule has 0 atom stereocenters. The Morgan fingerprint density at radius 1 is 1.36 bits per heavy atom. The Morgan fingerprint density at radius 2 is 2.00 bits per heavy atom. The number of aromatic nitrogens is 2. The third-order valence-electron chi connectivity index (χ3n) is 3.96. The molecular weight excluding hydrogens is 324 g/mol. The predicted octanol–water partition coefficient (Wildman–Crippen LogP) is 2.37. The minimum atomic E-state index is -0.607. The molecule has 1 amide bonds. The molecule has 0 aliphatic rings. The molecule has 0 aliphatic heterocycles. The number of carbonyl (C=O) groups excluding carboxylic acids is 1. The molecule has 0 spiro atoms. The summed E-state index contributed by atoms with van der Waals surface area (Å²) >= 11 is 0. The van der Waals surface area contributed by atoms with Crippen molar-refractivity contribution in [3.05, 3.63) is 62.1 Å². The third kappa shape index (κ3) is 3.90. The van der Waals surface area contributed by atoms with Crippen molar-refractivity contribution >= 4 is 11.6 Å². The first kappa shape index (κ1) is 18.3. The smallest absolute Gasteiger partial charge is 0.294 e. The maximum absolute atomic E-state index is 12.4. The van der Waals surface area contributed by atoms with Crippen LogP contribution in [0.2, 0.25) is 0 Å². The van der Waals surface area contributed by atoms with E-state index in [0.717, 1.165) is 0 Å². The highest BCUT2D eigenvalue weighted by Gasteiger charge is 2.24. The van der Waals surface area contributed by atoms with E-state index in [0.29, 0.717) is 12.1 Å². The van der Waals surface area contributed by atoms with Crippen LogP contribution in [0.15, 0.2) is 35.1 Å². The van der Waals surface area contributed by atoms with Gasteiger partial charge in [-0.3, -0.25) is 19.7 Å². The number of nitro benzene ring substituents is 1. The quantitative estimate of drug-likeness (QED) is 0.662. The predicted molar refractivity (Wildman–Crippen MR) is 93.1 cm³/mol. The summed E-state index contributed by atoms with van der Waals surface area (Å²) in [5.74, 6) is -0.607. The van der Waals surface area contributed by atoms with Gasteiger partial charge in [0.1, 0.15) is 5.69 Å². The average Bonchev–Trinajstić information content (AvgIpc) is 2.54. The number of hydrogen-bond acceptors (Lipinski definition) is 5. The third-order valence-corrected chi connectivity index (χ3v) is 3.96. The van der Waals surface area contributed by atoms with E-state index in [4.69, 9.17) is 0 Å². The van der Waals surface area contributed by atoms with Crippen LogP contribution < -0.4 is 10.7 Å². The lowest BCUT2D eigenvalue weighted by Gasteiger charge is -2.24. The Bertz CT molecular complexity index is 886. The topological polar surface area (TPSA) is 107 Å². The van der Waals surface area contributed by atoms with Gasteiger partial charge in [-0.25, -0.2) is 4.68 Å². The van der Waals surface area contributed by atoms with Crippen LogP contribution in [0.5, 0.6) is 0 Å². The maximum Gasteiger partial charge on any atom is 0.294 e. The van der Waals surface area contributed by atoms with Crippen LogP contribution in [-0.2, 0) is 0 Å². The van der Waals surface area contributed by atoms with Crippen molar-refractivity contribution in [2.24, 2.45) is 0 Å². The van der Waals surface area contributed by atoms with Gasteiger partial charge in [0.25, 0.3) is 11.6 Å². The van der Waals surface area contributed by atoms with Crippen molar-refractivity contribution in [2.75, 3.05) is 0 Å². The van der Waals surface area contributed by atoms with Crippen molar-refractivity contribution in [1.29, 1.82) is 0 Å². The first-order valence-corrected chi connectivity index (χ1v) is 7.83. The zero-order valence-corrected chi connectivity index (χ0v) is 14.6. The molecule has 0 radical (unpaired) electrons. The van der Waals surface area contributed by atoms with Gasteiger partial charge < -0.3 is 5.32 Å². The van der Waals surface area contributed by atoms with E-state index < -0.39 is 21.8 Å². The molecule has 1 heterocycles. The van der Waals surface area contributed by atoms with Gasteiger partial charge >= 0.3 is 0 Å². The molecule has 0 unspecified atom stereocenters. The molecular formula is C17H20N4O4. The van der Waals surface area contributed by atoms with Crippen LogP contribution in [0.25, 0.3) is 5.69 Å². The number of carbonyl (C=O) groups is 1. The van der Waals surface area contributed by atoms with E-state index in [2.05, 4.69) is 10.4 Å². The molecule has 2 rings (SSSR count). The van der Waals surface area contributed by atoms with Gasteiger partial charge in [-0.2, -0.15) is 5.10 Å². The van der Waals surface area contributed by atoms with E-state index in [1.807, 2.05) is 20.8 Å². The molecule has 2 aromatic rings.